The number of hydrogen-bond donors (Lipinski definition) is 1. The minimum Gasteiger partial charge on any atom is -0.487 e. The standard InChI is InChI=1S/C20H27N3O3/c1-4-23(16-10-11-26-20(2,3)13-16)19(24)18-12-15(21-22-18)14-25-17-8-6-5-7-9-17/h5-9,12,16H,4,10-11,13-14H2,1-3H3,(H,21,22)/t16-/m1/s1. The van der Waals surface area contributed by atoms with Crippen LogP contribution < -0.4 is 4.74 Å². The number of nitrogens with one attached hydrogen (secondary N) is 1. The van der Waals surface area contributed by atoms with Gasteiger partial charge in [0, 0.05) is 19.2 Å². The Labute approximate surface area is 154 Å². The third-order valence-electron chi connectivity index (χ3n) is 4.70. The van der Waals surface area contributed by atoms with E-state index >= 15 is 0 Å². The number of carbonyl (C=O) groups excluding carboxylic acids is 1. The monoisotopic (exact) mass is 357 g/mol. The maximum absolute atomic E-state index is 12.9. The molecule has 1 fully saturated rings. The number of aromatic amines is 1. The quantitative estimate of drug-likeness (QED) is 0.860. The van der Waals surface area contributed by atoms with Crippen molar-refractivity contribution in [2.45, 2.75) is 51.9 Å². The Balaban J connectivity index is 1.64. The van der Waals surface area contributed by atoms with Gasteiger partial charge in [0.05, 0.1) is 11.3 Å². The van der Waals surface area contributed by atoms with Crippen LogP contribution in [0.25, 0.3) is 0 Å². The lowest BCUT2D eigenvalue weighted by Crippen LogP contribution is -2.48. The van der Waals surface area contributed by atoms with Gasteiger partial charge in [-0.3, -0.25) is 9.89 Å². The van der Waals surface area contributed by atoms with E-state index in [1.807, 2.05) is 42.2 Å². The van der Waals surface area contributed by atoms with E-state index in [0.29, 0.717) is 25.5 Å². The van der Waals surface area contributed by atoms with Gasteiger partial charge in [0.25, 0.3) is 5.91 Å². The first-order valence-electron chi connectivity index (χ1n) is 9.15. The van der Waals surface area contributed by atoms with Gasteiger partial charge in [-0.2, -0.15) is 5.10 Å². The molecule has 1 saturated heterocycles. The van der Waals surface area contributed by atoms with E-state index in [1.54, 1.807) is 6.07 Å². The lowest BCUT2D eigenvalue weighted by molar-refractivity contribution is -0.0777. The molecule has 1 aromatic heterocycles. The SMILES string of the molecule is CCN(C(=O)c1cc(COc2ccccc2)[nH]n1)[C@@H]1CCOC(C)(C)C1. The summed E-state index contributed by atoms with van der Waals surface area (Å²) in [5.74, 6) is 0.743. The number of hydrogen-bond acceptors (Lipinski definition) is 4. The zero-order chi connectivity index (χ0) is 18.6. The zero-order valence-corrected chi connectivity index (χ0v) is 15.7. The van der Waals surface area contributed by atoms with E-state index in [-0.39, 0.29) is 17.6 Å². The highest BCUT2D eigenvalue weighted by Crippen LogP contribution is 2.28. The Kier molecular flexibility index (Phi) is 5.61. The molecule has 0 saturated carbocycles. The maximum atomic E-state index is 12.9. The fraction of sp³-hybridized carbons (Fsp3) is 0.500. The molecule has 1 aromatic carbocycles. The summed E-state index contributed by atoms with van der Waals surface area (Å²) in [5.41, 5.74) is 1.01. The molecule has 1 atom stereocenters. The van der Waals surface area contributed by atoms with Crippen molar-refractivity contribution < 1.29 is 14.3 Å². The first-order chi connectivity index (χ1) is 12.5. The summed E-state index contributed by atoms with van der Waals surface area (Å²) in [6, 6.07) is 11.5. The third kappa shape index (κ3) is 4.43. The van der Waals surface area contributed by atoms with Crippen molar-refractivity contribution in [1.29, 1.82) is 0 Å². The Morgan fingerprint density at radius 2 is 2.15 bits per heavy atom. The largest absolute Gasteiger partial charge is 0.487 e. The van der Waals surface area contributed by atoms with Crippen molar-refractivity contribution in [3.8, 4) is 5.75 Å². The van der Waals surface area contributed by atoms with Crippen molar-refractivity contribution >= 4 is 5.91 Å². The van der Waals surface area contributed by atoms with Crippen LogP contribution in [0.2, 0.25) is 0 Å². The normalized spacial score (nSPS) is 19.1. The van der Waals surface area contributed by atoms with E-state index in [0.717, 1.165) is 24.3 Å². The predicted molar refractivity (Wildman–Crippen MR) is 99.1 cm³/mol. The number of benzene rings is 1. The van der Waals surface area contributed by atoms with Crippen molar-refractivity contribution in [2.24, 2.45) is 0 Å². The number of H-pyrrole nitrogens is 1. The molecule has 2 heterocycles. The number of ether oxygens (including phenoxy) is 2. The average molecular weight is 357 g/mol. The molecule has 1 N–H and O–H groups in total. The predicted octanol–water partition coefficient (Wildman–Crippen LogP) is 3.41. The smallest absolute Gasteiger partial charge is 0.274 e. The Bertz CT molecular complexity index is 727. The van der Waals surface area contributed by atoms with Crippen LogP contribution in [0, 0.1) is 0 Å². The van der Waals surface area contributed by atoms with Crippen molar-refractivity contribution in [1.82, 2.24) is 15.1 Å². The van der Waals surface area contributed by atoms with Crippen LogP contribution in [0.15, 0.2) is 36.4 Å². The second-order valence-corrected chi connectivity index (χ2v) is 7.23. The number of carbonyl (C=O) groups is 1. The van der Waals surface area contributed by atoms with E-state index < -0.39 is 0 Å². The van der Waals surface area contributed by atoms with Crippen LogP contribution in [0.5, 0.6) is 5.75 Å². The lowest BCUT2D eigenvalue weighted by atomic mass is 9.92. The van der Waals surface area contributed by atoms with E-state index in [4.69, 9.17) is 9.47 Å². The van der Waals surface area contributed by atoms with Crippen LogP contribution in [-0.4, -0.2) is 45.8 Å². The summed E-state index contributed by atoms with van der Waals surface area (Å²) in [7, 11) is 0. The summed E-state index contributed by atoms with van der Waals surface area (Å²) in [6.45, 7) is 7.84. The average Bonchev–Trinajstić information content (AvgIpc) is 3.10. The van der Waals surface area contributed by atoms with Gasteiger partial charge in [-0.25, -0.2) is 0 Å². The topological polar surface area (TPSA) is 67.5 Å². The fourth-order valence-electron chi connectivity index (χ4n) is 3.40. The van der Waals surface area contributed by atoms with Gasteiger partial charge in [-0.1, -0.05) is 18.2 Å². The minimum absolute atomic E-state index is 0.0441. The molecule has 140 valence electrons. The molecule has 1 amide bonds. The van der Waals surface area contributed by atoms with Gasteiger partial charge in [0.2, 0.25) is 0 Å². The second-order valence-electron chi connectivity index (χ2n) is 7.23. The molecular weight excluding hydrogens is 330 g/mol. The molecular formula is C20H27N3O3. The molecule has 0 aliphatic carbocycles. The van der Waals surface area contributed by atoms with Crippen LogP contribution in [0.1, 0.15) is 49.8 Å². The Morgan fingerprint density at radius 1 is 1.38 bits per heavy atom. The van der Waals surface area contributed by atoms with Gasteiger partial charge in [0.1, 0.15) is 12.4 Å². The van der Waals surface area contributed by atoms with Crippen LogP contribution in [0.4, 0.5) is 0 Å². The molecule has 0 unspecified atom stereocenters. The molecule has 0 spiro atoms. The summed E-state index contributed by atoms with van der Waals surface area (Å²) in [5, 5.41) is 7.11. The molecule has 1 aliphatic rings. The van der Waals surface area contributed by atoms with Gasteiger partial charge in [-0.15, -0.1) is 0 Å². The zero-order valence-electron chi connectivity index (χ0n) is 15.7. The summed E-state index contributed by atoms with van der Waals surface area (Å²) < 4.78 is 11.5. The van der Waals surface area contributed by atoms with Crippen LogP contribution in [-0.2, 0) is 11.3 Å². The van der Waals surface area contributed by atoms with Crippen molar-refractivity contribution in [2.75, 3.05) is 13.2 Å². The van der Waals surface area contributed by atoms with Crippen molar-refractivity contribution in [3.63, 3.8) is 0 Å². The highest BCUT2D eigenvalue weighted by molar-refractivity contribution is 5.92. The van der Waals surface area contributed by atoms with Gasteiger partial charge < -0.3 is 14.4 Å². The van der Waals surface area contributed by atoms with E-state index in [9.17, 15) is 4.79 Å². The maximum Gasteiger partial charge on any atom is 0.274 e. The second kappa shape index (κ2) is 7.91. The number of aromatic nitrogens is 2. The molecule has 1 aliphatic heterocycles. The fourth-order valence-corrected chi connectivity index (χ4v) is 3.40. The Hall–Kier alpha value is -2.34. The van der Waals surface area contributed by atoms with Gasteiger partial charge in [0.15, 0.2) is 5.69 Å². The first kappa shape index (κ1) is 18.5. The highest BCUT2D eigenvalue weighted by atomic mass is 16.5. The highest BCUT2D eigenvalue weighted by Gasteiger charge is 2.34. The number of amides is 1. The summed E-state index contributed by atoms with van der Waals surface area (Å²) in [6.07, 6.45) is 1.69. The number of nitrogens with zero attached hydrogens (tertiary/aromatic N) is 2. The van der Waals surface area contributed by atoms with Gasteiger partial charge >= 0.3 is 0 Å². The minimum atomic E-state index is -0.198. The number of rotatable bonds is 6. The lowest BCUT2D eigenvalue weighted by Gasteiger charge is -2.40. The molecule has 0 radical (unpaired) electrons. The molecule has 2 aromatic rings. The van der Waals surface area contributed by atoms with Crippen molar-refractivity contribution in [3.05, 3.63) is 47.8 Å². The molecule has 3 rings (SSSR count). The number of para-hydroxylation sites is 1. The molecule has 0 bridgehead atoms. The third-order valence-corrected chi connectivity index (χ3v) is 4.70. The first-order valence-corrected chi connectivity index (χ1v) is 9.15. The summed E-state index contributed by atoms with van der Waals surface area (Å²) in [4.78, 5) is 14.8. The van der Waals surface area contributed by atoms with E-state index in [1.165, 1.54) is 0 Å². The van der Waals surface area contributed by atoms with Crippen LogP contribution >= 0.6 is 0 Å². The molecule has 26 heavy (non-hydrogen) atoms. The van der Waals surface area contributed by atoms with Gasteiger partial charge in [-0.05, 0) is 51.8 Å². The molecule has 6 nitrogen and oxygen atoms in total. The molecule has 6 heteroatoms. The Morgan fingerprint density at radius 3 is 2.85 bits per heavy atom. The van der Waals surface area contributed by atoms with E-state index in [2.05, 4.69) is 24.0 Å². The summed E-state index contributed by atoms with van der Waals surface area (Å²) >= 11 is 0. The van der Waals surface area contributed by atoms with Crippen LogP contribution in [0.3, 0.4) is 0 Å².